The number of benzene rings is 1. The second-order valence-electron chi connectivity index (χ2n) is 9.04. The van der Waals surface area contributed by atoms with Gasteiger partial charge in [0.2, 0.25) is 0 Å². The average Bonchev–Trinajstić information content (AvgIpc) is 3.50. The SMILES string of the molecule is Cc1ccc2[nH]c(=O)c(CN(Cc3nnnn3C3CCCC3)C3CCCC3)cc2c1. The van der Waals surface area contributed by atoms with Crippen LogP contribution in [0.3, 0.4) is 0 Å². The smallest absolute Gasteiger partial charge is 0.252 e. The molecule has 0 amide bonds. The van der Waals surface area contributed by atoms with Gasteiger partial charge >= 0.3 is 0 Å². The molecule has 2 aliphatic carbocycles. The number of hydrogen-bond acceptors (Lipinski definition) is 5. The minimum absolute atomic E-state index is 0.00438. The van der Waals surface area contributed by atoms with Crippen molar-refractivity contribution < 1.29 is 0 Å². The first-order valence-electron chi connectivity index (χ1n) is 11.3. The Labute approximate surface area is 176 Å². The van der Waals surface area contributed by atoms with Crippen molar-refractivity contribution in [2.24, 2.45) is 0 Å². The molecule has 1 N–H and O–H groups in total. The molecule has 7 heteroatoms. The predicted octanol–water partition coefficient (Wildman–Crippen LogP) is 3.88. The molecule has 2 saturated carbocycles. The van der Waals surface area contributed by atoms with Gasteiger partial charge in [-0.1, -0.05) is 37.3 Å². The number of pyridine rings is 1. The molecule has 0 atom stereocenters. The fraction of sp³-hybridized carbons (Fsp3) is 0.565. The Hall–Kier alpha value is -2.54. The summed E-state index contributed by atoms with van der Waals surface area (Å²) >= 11 is 0. The molecule has 2 aromatic heterocycles. The molecule has 0 spiro atoms. The number of tetrazole rings is 1. The van der Waals surface area contributed by atoms with Gasteiger partial charge in [0.25, 0.3) is 5.56 Å². The van der Waals surface area contributed by atoms with Gasteiger partial charge in [0, 0.05) is 23.7 Å². The summed E-state index contributed by atoms with van der Waals surface area (Å²) in [5.74, 6) is 0.932. The van der Waals surface area contributed by atoms with E-state index in [0.29, 0.717) is 25.2 Å². The standard InChI is InChI=1S/C23H30N6O/c1-16-10-11-21-17(12-16)13-18(23(30)24-21)14-28(19-6-2-3-7-19)15-22-25-26-27-29(22)20-8-4-5-9-20/h10-13,19-20H,2-9,14-15H2,1H3,(H,24,30). The molecule has 2 aliphatic rings. The Balaban J connectivity index is 1.44. The van der Waals surface area contributed by atoms with E-state index in [0.717, 1.165) is 35.1 Å². The average molecular weight is 407 g/mol. The number of nitrogens with one attached hydrogen (secondary N) is 1. The minimum Gasteiger partial charge on any atom is -0.322 e. The van der Waals surface area contributed by atoms with Crippen molar-refractivity contribution in [2.75, 3.05) is 0 Å². The molecular weight excluding hydrogens is 376 g/mol. The molecule has 0 radical (unpaired) electrons. The summed E-state index contributed by atoms with van der Waals surface area (Å²) in [6.07, 6.45) is 9.68. The van der Waals surface area contributed by atoms with Crippen LogP contribution in [0.15, 0.2) is 29.1 Å². The molecule has 3 aromatic rings. The molecule has 158 valence electrons. The van der Waals surface area contributed by atoms with Gasteiger partial charge in [-0.15, -0.1) is 5.10 Å². The summed E-state index contributed by atoms with van der Waals surface area (Å²) in [5.41, 5.74) is 2.92. The summed E-state index contributed by atoms with van der Waals surface area (Å²) < 4.78 is 2.04. The van der Waals surface area contributed by atoms with Gasteiger partial charge in [-0.2, -0.15) is 0 Å². The largest absolute Gasteiger partial charge is 0.322 e. The highest BCUT2D eigenvalue weighted by atomic mass is 16.1. The number of rotatable bonds is 6. The summed E-state index contributed by atoms with van der Waals surface area (Å²) in [6.45, 7) is 3.40. The first-order chi connectivity index (χ1) is 14.7. The van der Waals surface area contributed by atoms with Crippen LogP contribution >= 0.6 is 0 Å². The van der Waals surface area contributed by atoms with E-state index in [9.17, 15) is 4.79 Å². The topological polar surface area (TPSA) is 79.7 Å². The Bertz CT molecular complexity index is 1070. The van der Waals surface area contributed by atoms with E-state index < -0.39 is 0 Å². The van der Waals surface area contributed by atoms with Crippen molar-refractivity contribution in [2.45, 2.75) is 83.5 Å². The van der Waals surface area contributed by atoms with Gasteiger partial charge in [0.1, 0.15) is 0 Å². The third-order valence-corrected chi connectivity index (χ3v) is 6.87. The number of aromatic amines is 1. The molecule has 0 bridgehead atoms. The van der Waals surface area contributed by atoms with Crippen molar-refractivity contribution in [3.8, 4) is 0 Å². The van der Waals surface area contributed by atoms with Crippen LogP contribution in [0.4, 0.5) is 0 Å². The van der Waals surface area contributed by atoms with Gasteiger partial charge in [-0.25, -0.2) is 4.68 Å². The maximum atomic E-state index is 12.8. The van der Waals surface area contributed by atoms with Crippen LogP contribution < -0.4 is 5.56 Å². The van der Waals surface area contributed by atoms with Crippen molar-refractivity contribution in [1.82, 2.24) is 30.1 Å². The van der Waals surface area contributed by atoms with E-state index in [-0.39, 0.29) is 5.56 Å². The first-order valence-corrected chi connectivity index (χ1v) is 11.3. The molecule has 0 aliphatic heterocycles. The van der Waals surface area contributed by atoms with Gasteiger partial charge in [0.05, 0.1) is 12.6 Å². The fourth-order valence-corrected chi connectivity index (χ4v) is 5.22. The van der Waals surface area contributed by atoms with Crippen LogP contribution in [0.5, 0.6) is 0 Å². The second kappa shape index (κ2) is 8.30. The fourth-order valence-electron chi connectivity index (χ4n) is 5.22. The van der Waals surface area contributed by atoms with Crippen molar-refractivity contribution in [1.29, 1.82) is 0 Å². The summed E-state index contributed by atoms with van der Waals surface area (Å²) in [7, 11) is 0. The first kappa shape index (κ1) is 19.4. The highest BCUT2D eigenvalue weighted by molar-refractivity contribution is 5.79. The number of fused-ring (bicyclic) bond motifs is 1. The quantitative estimate of drug-likeness (QED) is 0.672. The number of H-pyrrole nitrogens is 1. The van der Waals surface area contributed by atoms with Crippen LogP contribution in [0, 0.1) is 6.92 Å². The summed E-state index contributed by atoms with van der Waals surface area (Å²) in [4.78, 5) is 18.3. The number of aromatic nitrogens is 5. The van der Waals surface area contributed by atoms with Crippen LogP contribution in [-0.2, 0) is 13.1 Å². The second-order valence-corrected chi connectivity index (χ2v) is 9.04. The van der Waals surface area contributed by atoms with Crippen LogP contribution in [0.1, 0.15) is 74.4 Å². The van der Waals surface area contributed by atoms with E-state index in [2.05, 4.69) is 44.5 Å². The normalized spacial score (nSPS) is 18.2. The maximum absolute atomic E-state index is 12.8. The maximum Gasteiger partial charge on any atom is 0.252 e. The van der Waals surface area contributed by atoms with Crippen molar-refractivity contribution in [3.63, 3.8) is 0 Å². The Morgan fingerprint density at radius 1 is 1.07 bits per heavy atom. The molecule has 7 nitrogen and oxygen atoms in total. The summed E-state index contributed by atoms with van der Waals surface area (Å²) in [5, 5.41) is 13.8. The number of aryl methyl sites for hydroxylation is 1. The molecule has 0 saturated heterocycles. The van der Waals surface area contributed by atoms with E-state index in [1.165, 1.54) is 44.1 Å². The molecule has 5 rings (SSSR count). The van der Waals surface area contributed by atoms with Gasteiger partial charge in [-0.3, -0.25) is 9.69 Å². The molecule has 0 unspecified atom stereocenters. The third-order valence-electron chi connectivity index (χ3n) is 6.87. The van der Waals surface area contributed by atoms with E-state index in [1.807, 2.05) is 16.8 Å². The van der Waals surface area contributed by atoms with Gasteiger partial charge in [0.15, 0.2) is 5.82 Å². The third kappa shape index (κ3) is 3.90. The van der Waals surface area contributed by atoms with E-state index >= 15 is 0 Å². The zero-order valence-electron chi connectivity index (χ0n) is 17.7. The number of nitrogens with zero attached hydrogens (tertiary/aromatic N) is 5. The highest BCUT2D eigenvalue weighted by Gasteiger charge is 2.27. The van der Waals surface area contributed by atoms with Crippen LogP contribution in [0.25, 0.3) is 10.9 Å². The lowest BCUT2D eigenvalue weighted by Gasteiger charge is -2.28. The lowest BCUT2D eigenvalue weighted by atomic mass is 10.1. The predicted molar refractivity (Wildman–Crippen MR) is 116 cm³/mol. The molecule has 30 heavy (non-hydrogen) atoms. The van der Waals surface area contributed by atoms with Crippen LogP contribution in [-0.4, -0.2) is 36.1 Å². The Kier molecular flexibility index (Phi) is 5.37. The molecule has 1 aromatic carbocycles. The van der Waals surface area contributed by atoms with E-state index in [4.69, 9.17) is 0 Å². The molecule has 2 heterocycles. The summed E-state index contributed by atoms with van der Waals surface area (Å²) in [6, 6.07) is 9.11. The Morgan fingerprint density at radius 3 is 2.63 bits per heavy atom. The number of hydrogen-bond donors (Lipinski definition) is 1. The monoisotopic (exact) mass is 406 g/mol. The lowest BCUT2D eigenvalue weighted by Crippen LogP contribution is -2.35. The highest BCUT2D eigenvalue weighted by Crippen LogP contribution is 2.31. The van der Waals surface area contributed by atoms with Gasteiger partial charge < -0.3 is 4.98 Å². The van der Waals surface area contributed by atoms with E-state index in [1.54, 1.807) is 0 Å². The minimum atomic E-state index is 0.00438. The lowest BCUT2D eigenvalue weighted by molar-refractivity contribution is 0.170. The van der Waals surface area contributed by atoms with Gasteiger partial charge in [-0.05, 0) is 66.6 Å². The zero-order chi connectivity index (χ0) is 20.5. The van der Waals surface area contributed by atoms with Crippen LogP contribution in [0.2, 0.25) is 0 Å². The van der Waals surface area contributed by atoms with Crippen molar-refractivity contribution in [3.05, 3.63) is 51.6 Å². The molecular formula is C23H30N6O. The zero-order valence-corrected chi connectivity index (χ0v) is 17.7. The molecule has 2 fully saturated rings. The Morgan fingerprint density at radius 2 is 1.83 bits per heavy atom. The van der Waals surface area contributed by atoms with Crippen molar-refractivity contribution >= 4 is 10.9 Å².